The third kappa shape index (κ3) is 3.29. The number of aliphatic hydroxyl groups excluding tert-OH is 1. The van der Waals surface area contributed by atoms with Gasteiger partial charge >= 0.3 is 5.97 Å². The van der Waals surface area contributed by atoms with Crippen molar-refractivity contribution in [1.29, 1.82) is 0 Å². The van der Waals surface area contributed by atoms with Crippen molar-refractivity contribution in [3.8, 4) is 5.69 Å². The Morgan fingerprint density at radius 1 is 1.03 bits per heavy atom. The minimum atomic E-state index is -1.01. The molecule has 1 aromatic carbocycles. The van der Waals surface area contributed by atoms with Gasteiger partial charge < -0.3 is 10.2 Å². The molecule has 0 unspecified atom stereocenters. The fourth-order valence-corrected chi connectivity index (χ4v) is 4.98. The van der Waals surface area contributed by atoms with Crippen LogP contribution in [0, 0.1) is 5.92 Å². The molecule has 6 nitrogen and oxygen atoms in total. The SMILES string of the molecule is O=C(O)c1cc(C2CCC(CO)CC2)c2c(C3CCC3)nn(-c3ccccc3)c2n1. The maximum Gasteiger partial charge on any atom is 0.354 e. The first kappa shape index (κ1) is 19.2. The predicted octanol–water partition coefficient (Wildman–Crippen LogP) is 4.65. The van der Waals surface area contributed by atoms with Crippen LogP contribution in [0.25, 0.3) is 16.7 Å². The van der Waals surface area contributed by atoms with Crippen molar-refractivity contribution in [2.75, 3.05) is 6.61 Å². The molecule has 0 amide bonds. The van der Waals surface area contributed by atoms with Crippen molar-refractivity contribution in [3.05, 3.63) is 53.3 Å². The molecule has 0 aliphatic heterocycles. The summed E-state index contributed by atoms with van der Waals surface area (Å²) in [5.41, 5.74) is 3.79. The summed E-state index contributed by atoms with van der Waals surface area (Å²) in [6, 6.07) is 11.6. The van der Waals surface area contributed by atoms with Gasteiger partial charge in [-0.2, -0.15) is 5.10 Å². The summed E-state index contributed by atoms with van der Waals surface area (Å²) in [5.74, 6) is 0.0509. The maximum absolute atomic E-state index is 11.9. The first-order valence-electron chi connectivity index (χ1n) is 11.0. The summed E-state index contributed by atoms with van der Waals surface area (Å²) in [5, 5.41) is 25.3. The highest BCUT2D eigenvalue weighted by atomic mass is 16.4. The number of rotatable bonds is 5. The Balaban J connectivity index is 1.72. The Labute approximate surface area is 175 Å². The third-order valence-electron chi connectivity index (χ3n) is 6.95. The van der Waals surface area contributed by atoms with E-state index in [0.717, 1.165) is 60.9 Å². The Morgan fingerprint density at radius 3 is 2.37 bits per heavy atom. The van der Waals surface area contributed by atoms with Gasteiger partial charge in [0, 0.05) is 17.9 Å². The van der Waals surface area contributed by atoms with Crippen molar-refractivity contribution in [3.63, 3.8) is 0 Å². The Bertz CT molecular complexity index is 1060. The lowest BCUT2D eigenvalue weighted by Gasteiger charge is -2.29. The summed E-state index contributed by atoms with van der Waals surface area (Å²) < 4.78 is 1.83. The van der Waals surface area contributed by atoms with Crippen molar-refractivity contribution in [1.82, 2.24) is 14.8 Å². The smallest absolute Gasteiger partial charge is 0.354 e. The molecular formula is C24H27N3O3. The molecule has 156 valence electrons. The van der Waals surface area contributed by atoms with E-state index >= 15 is 0 Å². The minimum absolute atomic E-state index is 0.0824. The zero-order valence-corrected chi connectivity index (χ0v) is 17.0. The van der Waals surface area contributed by atoms with Gasteiger partial charge in [-0.15, -0.1) is 0 Å². The van der Waals surface area contributed by atoms with Gasteiger partial charge in [0.05, 0.1) is 11.4 Å². The van der Waals surface area contributed by atoms with E-state index in [-0.39, 0.29) is 18.2 Å². The molecule has 0 radical (unpaired) electrons. The van der Waals surface area contributed by atoms with Crippen molar-refractivity contribution in [2.24, 2.45) is 5.92 Å². The van der Waals surface area contributed by atoms with Crippen LogP contribution in [-0.4, -0.2) is 37.6 Å². The van der Waals surface area contributed by atoms with Gasteiger partial charge in [-0.3, -0.25) is 0 Å². The molecule has 2 fully saturated rings. The molecule has 2 heterocycles. The van der Waals surface area contributed by atoms with Crippen LogP contribution in [0.5, 0.6) is 0 Å². The van der Waals surface area contributed by atoms with Gasteiger partial charge in [-0.25, -0.2) is 14.5 Å². The standard InChI is InChI=1S/C24H27N3O3/c28-14-15-9-11-16(12-10-15)19-13-20(24(29)30)25-23-21(19)22(17-5-4-6-17)26-27(23)18-7-2-1-3-8-18/h1-3,7-8,13,15-17,28H,4-6,9-12,14H2,(H,29,30). The van der Waals surface area contributed by atoms with E-state index < -0.39 is 5.97 Å². The van der Waals surface area contributed by atoms with Gasteiger partial charge in [0.2, 0.25) is 0 Å². The number of pyridine rings is 1. The molecule has 5 rings (SSSR count). The zero-order chi connectivity index (χ0) is 20.7. The van der Waals surface area contributed by atoms with Gasteiger partial charge in [0.1, 0.15) is 0 Å². The summed E-state index contributed by atoms with van der Waals surface area (Å²) in [6.45, 7) is 0.234. The minimum Gasteiger partial charge on any atom is -0.477 e. The Hall–Kier alpha value is -2.73. The monoisotopic (exact) mass is 405 g/mol. The van der Waals surface area contributed by atoms with Crippen LogP contribution in [0.3, 0.4) is 0 Å². The van der Waals surface area contributed by atoms with E-state index in [2.05, 4.69) is 4.98 Å². The summed E-state index contributed by atoms with van der Waals surface area (Å²) in [6.07, 6.45) is 7.32. The molecule has 2 aliphatic carbocycles. The average molecular weight is 405 g/mol. The van der Waals surface area contributed by atoms with Gasteiger partial charge in [-0.1, -0.05) is 24.6 Å². The number of aromatic nitrogens is 3. The normalized spacial score (nSPS) is 22.2. The molecule has 0 bridgehead atoms. The molecule has 0 spiro atoms. The van der Waals surface area contributed by atoms with E-state index in [4.69, 9.17) is 5.10 Å². The van der Waals surface area contributed by atoms with Crippen LogP contribution in [0.4, 0.5) is 0 Å². The molecule has 30 heavy (non-hydrogen) atoms. The van der Waals surface area contributed by atoms with E-state index in [9.17, 15) is 15.0 Å². The first-order chi connectivity index (χ1) is 14.7. The number of hydrogen-bond donors (Lipinski definition) is 2. The number of carbonyl (C=O) groups is 1. The van der Waals surface area contributed by atoms with Crippen LogP contribution in [0.1, 0.15) is 78.5 Å². The number of carboxylic acid groups (broad SMARTS) is 1. The predicted molar refractivity (Wildman–Crippen MR) is 114 cm³/mol. The number of fused-ring (bicyclic) bond motifs is 1. The molecule has 2 N–H and O–H groups in total. The van der Waals surface area contributed by atoms with E-state index in [0.29, 0.717) is 17.5 Å². The first-order valence-corrected chi connectivity index (χ1v) is 11.0. The maximum atomic E-state index is 11.9. The van der Waals surface area contributed by atoms with Crippen LogP contribution in [0.15, 0.2) is 36.4 Å². The van der Waals surface area contributed by atoms with Crippen LogP contribution in [-0.2, 0) is 0 Å². The molecule has 2 aliphatic rings. The van der Waals surface area contributed by atoms with Gasteiger partial charge in [0.15, 0.2) is 11.3 Å². The molecule has 0 saturated heterocycles. The number of para-hydroxylation sites is 1. The van der Waals surface area contributed by atoms with E-state index in [1.165, 1.54) is 6.42 Å². The number of aromatic carboxylic acids is 1. The second kappa shape index (κ2) is 7.84. The quantitative estimate of drug-likeness (QED) is 0.645. The largest absolute Gasteiger partial charge is 0.477 e. The van der Waals surface area contributed by atoms with Crippen LogP contribution >= 0.6 is 0 Å². The highest BCUT2D eigenvalue weighted by molar-refractivity contribution is 5.92. The molecule has 2 saturated carbocycles. The van der Waals surface area contributed by atoms with Crippen molar-refractivity contribution in [2.45, 2.75) is 56.8 Å². The topological polar surface area (TPSA) is 88.2 Å². The second-order valence-corrected chi connectivity index (χ2v) is 8.76. The summed E-state index contributed by atoms with van der Waals surface area (Å²) in [4.78, 5) is 16.5. The average Bonchev–Trinajstić information content (AvgIpc) is 3.12. The number of aliphatic hydroxyl groups is 1. The summed E-state index contributed by atoms with van der Waals surface area (Å²) >= 11 is 0. The highest BCUT2D eigenvalue weighted by Crippen LogP contribution is 2.44. The molecular weight excluding hydrogens is 378 g/mol. The fourth-order valence-electron chi connectivity index (χ4n) is 4.98. The van der Waals surface area contributed by atoms with Crippen molar-refractivity contribution < 1.29 is 15.0 Å². The number of carboxylic acids is 1. The molecule has 6 heteroatoms. The molecule has 0 atom stereocenters. The second-order valence-electron chi connectivity index (χ2n) is 8.76. The lowest BCUT2D eigenvalue weighted by molar-refractivity contribution is 0.0690. The zero-order valence-electron chi connectivity index (χ0n) is 17.0. The number of benzene rings is 1. The van der Waals surface area contributed by atoms with E-state index in [1.807, 2.05) is 35.0 Å². The van der Waals surface area contributed by atoms with Gasteiger partial charge in [0.25, 0.3) is 0 Å². The van der Waals surface area contributed by atoms with Crippen molar-refractivity contribution >= 4 is 17.0 Å². The highest BCUT2D eigenvalue weighted by Gasteiger charge is 2.32. The summed E-state index contributed by atoms with van der Waals surface area (Å²) in [7, 11) is 0. The van der Waals surface area contributed by atoms with Crippen LogP contribution in [0.2, 0.25) is 0 Å². The molecule has 2 aromatic heterocycles. The van der Waals surface area contributed by atoms with E-state index in [1.54, 1.807) is 6.07 Å². The Morgan fingerprint density at radius 2 is 1.77 bits per heavy atom. The number of hydrogen-bond acceptors (Lipinski definition) is 4. The fraction of sp³-hybridized carbons (Fsp3) is 0.458. The lowest BCUT2D eigenvalue weighted by Crippen LogP contribution is -2.17. The lowest BCUT2D eigenvalue weighted by atomic mass is 9.76. The van der Waals surface area contributed by atoms with Gasteiger partial charge in [-0.05, 0) is 74.1 Å². The number of nitrogens with zero attached hydrogens (tertiary/aromatic N) is 3. The van der Waals surface area contributed by atoms with Crippen LogP contribution < -0.4 is 0 Å². The molecule has 3 aromatic rings. The Kier molecular flexibility index (Phi) is 5.03. The third-order valence-corrected chi connectivity index (χ3v) is 6.95.